The van der Waals surface area contributed by atoms with Gasteiger partial charge in [-0.2, -0.15) is 0 Å². The van der Waals surface area contributed by atoms with Crippen LogP contribution in [0.1, 0.15) is 17.2 Å². The van der Waals surface area contributed by atoms with Crippen LogP contribution in [0.5, 0.6) is 23.0 Å². The Morgan fingerprint density at radius 2 is 1.62 bits per heavy atom. The molecular formula is C16H12O5. The van der Waals surface area contributed by atoms with E-state index in [0.717, 1.165) is 11.1 Å². The third-order valence-corrected chi connectivity index (χ3v) is 3.70. The average Bonchev–Trinajstić information content (AvgIpc) is 3.20. The van der Waals surface area contributed by atoms with Gasteiger partial charge < -0.3 is 24.8 Å². The third-order valence-electron chi connectivity index (χ3n) is 3.70. The zero-order valence-corrected chi connectivity index (χ0v) is 10.9. The molecule has 5 heteroatoms. The van der Waals surface area contributed by atoms with Crippen molar-refractivity contribution in [1.82, 2.24) is 0 Å². The van der Waals surface area contributed by atoms with Crippen molar-refractivity contribution in [2.75, 3.05) is 0 Å². The molecule has 1 saturated heterocycles. The standard InChI is InChI=1S/C16H12O5/c17-9-3-1-8(2-4-9)11-7-20-13-6-10(18)5-12(19)14(13)16-15(11)21-16/h1-7,15-19H. The molecule has 2 aliphatic heterocycles. The number of epoxide rings is 1. The van der Waals surface area contributed by atoms with Crippen LogP contribution < -0.4 is 4.74 Å². The highest BCUT2D eigenvalue weighted by atomic mass is 16.6. The fourth-order valence-electron chi connectivity index (χ4n) is 2.63. The first kappa shape index (κ1) is 12.1. The van der Waals surface area contributed by atoms with Crippen molar-refractivity contribution in [3.05, 3.63) is 53.8 Å². The number of fused-ring (bicyclic) bond motifs is 3. The van der Waals surface area contributed by atoms with Crippen molar-refractivity contribution < 1.29 is 24.8 Å². The summed E-state index contributed by atoms with van der Waals surface area (Å²) in [6.45, 7) is 0. The maximum Gasteiger partial charge on any atom is 0.139 e. The van der Waals surface area contributed by atoms with Crippen LogP contribution in [0.25, 0.3) is 5.57 Å². The van der Waals surface area contributed by atoms with Gasteiger partial charge in [0.15, 0.2) is 0 Å². The topological polar surface area (TPSA) is 82.5 Å². The molecular weight excluding hydrogens is 272 g/mol. The molecule has 0 saturated carbocycles. The predicted octanol–water partition coefficient (Wildman–Crippen LogP) is 2.68. The van der Waals surface area contributed by atoms with E-state index >= 15 is 0 Å². The Bertz CT molecular complexity index is 748. The molecule has 0 aliphatic carbocycles. The highest BCUT2D eigenvalue weighted by Gasteiger charge is 2.48. The van der Waals surface area contributed by atoms with Gasteiger partial charge in [0.2, 0.25) is 0 Å². The summed E-state index contributed by atoms with van der Waals surface area (Å²) in [6.07, 6.45) is 1.07. The van der Waals surface area contributed by atoms with E-state index in [1.54, 1.807) is 30.5 Å². The quantitative estimate of drug-likeness (QED) is 0.701. The van der Waals surface area contributed by atoms with Crippen molar-refractivity contribution in [1.29, 1.82) is 0 Å². The van der Waals surface area contributed by atoms with E-state index in [1.807, 2.05) is 0 Å². The Balaban J connectivity index is 1.76. The molecule has 2 atom stereocenters. The number of rotatable bonds is 1. The molecule has 4 rings (SSSR count). The first-order valence-electron chi connectivity index (χ1n) is 6.51. The van der Waals surface area contributed by atoms with Crippen molar-refractivity contribution in [2.24, 2.45) is 0 Å². The van der Waals surface area contributed by atoms with Crippen LogP contribution in [0.15, 0.2) is 42.7 Å². The molecule has 1 fully saturated rings. The van der Waals surface area contributed by atoms with E-state index in [9.17, 15) is 15.3 Å². The monoisotopic (exact) mass is 284 g/mol. The van der Waals surface area contributed by atoms with Crippen LogP contribution in [-0.2, 0) is 4.74 Å². The van der Waals surface area contributed by atoms with Gasteiger partial charge in [-0.1, -0.05) is 12.1 Å². The molecule has 2 aromatic rings. The van der Waals surface area contributed by atoms with Gasteiger partial charge in [0.25, 0.3) is 0 Å². The Morgan fingerprint density at radius 1 is 0.857 bits per heavy atom. The summed E-state index contributed by atoms with van der Waals surface area (Å²) in [4.78, 5) is 0. The zero-order chi connectivity index (χ0) is 14.6. The van der Waals surface area contributed by atoms with Gasteiger partial charge in [-0.3, -0.25) is 0 Å². The molecule has 0 aromatic heterocycles. The van der Waals surface area contributed by atoms with E-state index < -0.39 is 0 Å². The van der Waals surface area contributed by atoms with Crippen LogP contribution in [0.3, 0.4) is 0 Å². The van der Waals surface area contributed by atoms with Gasteiger partial charge in [-0.05, 0) is 17.7 Å². The van der Waals surface area contributed by atoms with E-state index in [4.69, 9.17) is 9.47 Å². The fraction of sp³-hybridized carbons (Fsp3) is 0.125. The number of hydrogen-bond donors (Lipinski definition) is 3. The van der Waals surface area contributed by atoms with E-state index in [2.05, 4.69) is 0 Å². The van der Waals surface area contributed by atoms with Crippen LogP contribution in [-0.4, -0.2) is 21.4 Å². The molecule has 2 aromatic carbocycles. The summed E-state index contributed by atoms with van der Waals surface area (Å²) in [5, 5.41) is 28.9. The summed E-state index contributed by atoms with van der Waals surface area (Å²) >= 11 is 0. The van der Waals surface area contributed by atoms with Gasteiger partial charge in [0.05, 0.1) is 11.8 Å². The highest BCUT2D eigenvalue weighted by Crippen LogP contribution is 2.54. The van der Waals surface area contributed by atoms with Crippen LogP contribution in [0.2, 0.25) is 0 Å². The van der Waals surface area contributed by atoms with Crippen molar-refractivity contribution in [3.63, 3.8) is 0 Å². The molecule has 0 amide bonds. The second-order valence-corrected chi connectivity index (χ2v) is 5.09. The summed E-state index contributed by atoms with van der Waals surface area (Å²) in [5.74, 6) is 0.463. The minimum atomic E-state index is -0.289. The molecule has 106 valence electrons. The normalized spacial score (nSPS) is 22.4. The Morgan fingerprint density at radius 3 is 2.38 bits per heavy atom. The first-order valence-corrected chi connectivity index (χ1v) is 6.51. The fourth-order valence-corrected chi connectivity index (χ4v) is 2.63. The van der Waals surface area contributed by atoms with Gasteiger partial charge >= 0.3 is 0 Å². The molecule has 2 heterocycles. The highest BCUT2D eigenvalue weighted by molar-refractivity contribution is 5.74. The Hall–Kier alpha value is -2.66. The number of benzene rings is 2. The summed E-state index contributed by atoms with van der Waals surface area (Å²) < 4.78 is 11.2. The summed E-state index contributed by atoms with van der Waals surface area (Å²) in [5.41, 5.74) is 2.25. The largest absolute Gasteiger partial charge is 0.508 e. The van der Waals surface area contributed by atoms with E-state index in [1.165, 1.54) is 12.1 Å². The lowest BCUT2D eigenvalue weighted by Gasteiger charge is -2.08. The average molecular weight is 284 g/mol. The lowest BCUT2D eigenvalue weighted by Crippen LogP contribution is -1.94. The zero-order valence-electron chi connectivity index (χ0n) is 10.9. The molecule has 3 N–H and O–H groups in total. The first-order chi connectivity index (χ1) is 10.1. The number of hydrogen-bond acceptors (Lipinski definition) is 5. The predicted molar refractivity (Wildman–Crippen MR) is 74.1 cm³/mol. The number of phenols is 3. The maximum atomic E-state index is 9.98. The molecule has 0 bridgehead atoms. The minimum absolute atomic E-state index is 0.0437. The SMILES string of the molecule is Oc1ccc(C2=COc3cc(O)cc(O)c3C3OC23)cc1. The van der Waals surface area contributed by atoms with Crippen LogP contribution in [0, 0.1) is 0 Å². The van der Waals surface area contributed by atoms with Crippen LogP contribution >= 0.6 is 0 Å². The van der Waals surface area contributed by atoms with Crippen molar-refractivity contribution >= 4 is 5.57 Å². The summed E-state index contributed by atoms with van der Waals surface area (Å²) in [7, 11) is 0. The summed E-state index contributed by atoms with van der Waals surface area (Å²) in [6, 6.07) is 9.45. The lowest BCUT2D eigenvalue weighted by atomic mass is 9.99. The van der Waals surface area contributed by atoms with Crippen LogP contribution in [0.4, 0.5) is 0 Å². The maximum absolute atomic E-state index is 9.98. The molecule has 0 spiro atoms. The Kier molecular flexibility index (Phi) is 2.40. The smallest absolute Gasteiger partial charge is 0.139 e. The van der Waals surface area contributed by atoms with Crippen molar-refractivity contribution in [3.8, 4) is 23.0 Å². The van der Waals surface area contributed by atoms with E-state index in [0.29, 0.717) is 11.3 Å². The Labute approximate surface area is 120 Å². The second-order valence-electron chi connectivity index (χ2n) is 5.09. The number of aromatic hydroxyl groups is 3. The van der Waals surface area contributed by atoms with E-state index in [-0.39, 0.29) is 29.5 Å². The third kappa shape index (κ3) is 1.90. The second kappa shape index (κ2) is 4.17. The lowest BCUT2D eigenvalue weighted by molar-refractivity contribution is 0.364. The van der Waals surface area contributed by atoms with Gasteiger partial charge in [0, 0.05) is 17.7 Å². The van der Waals surface area contributed by atoms with Gasteiger partial charge in [0.1, 0.15) is 35.2 Å². The molecule has 0 radical (unpaired) electrons. The molecule has 21 heavy (non-hydrogen) atoms. The number of ether oxygens (including phenoxy) is 2. The minimum Gasteiger partial charge on any atom is -0.508 e. The molecule has 2 aliphatic rings. The number of phenolic OH excluding ortho intramolecular Hbond substituents is 3. The van der Waals surface area contributed by atoms with Gasteiger partial charge in [-0.25, -0.2) is 0 Å². The molecule has 5 nitrogen and oxygen atoms in total. The van der Waals surface area contributed by atoms with Crippen molar-refractivity contribution in [2.45, 2.75) is 12.2 Å². The molecule has 2 unspecified atom stereocenters. The van der Waals surface area contributed by atoms with Gasteiger partial charge in [-0.15, -0.1) is 0 Å².